The van der Waals surface area contributed by atoms with Gasteiger partial charge in [-0.3, -0.25) is 9.98 Å². The molecule has 9 nitrogen and oxygen atoms in total. The van der Waals surface area contributed by atoms with Gasteiger partial charge in [0.05, 0.1) is 52.2 Å². The van der Waals surface area contributed by atoms with Crippen LogP contribution < -0.4 is 4.74 Å². The minimum absolute atomic E-state index is 0.294. The molecule has 0 saturated heterocycles. The van der Waals surface area contributed by atoms with Gasteiger partial charge in [0, 0.05) is 44.7 Å². The van der Waals surface area contributed by atoms with Gasteiger partial charge in [-0.1, -0.05) is 57.8 Å². The minimum atomic E-state index is -0.565. The van der Waals surface area contributed by atoms with Crippen LogP contribution in [0.15, 0.2) is 92.1 Å². The number of nitrogens with zero attached hydrogens (tertiary/aromatic N) is 6. The highest BCUT2D eigenvalue weighted by molar-refractivity contribution is 6.31. The molecule has 0 amide bonds. The van der Waals surface area contributed by atoms with Crippen LogP contribution in [0.4, 0.5) is 4.39 Å². The molecule has 0 N–H and O–H groups in total. The van der Waals surface area contributed by atoms with Crippen LogP contribution in [0, 0.1) is 19.8 Å². The second-order valence-electron chi connectivity index (χ2n) is 10.7. The first-order valence-electron chi connectivity index (χ1n) is 14.5. The average molecular weight is 668 g/mol. The zero-order valence-electron chi connectivity index (χ0n) is 25.4. The monoisotopic (exact) mass is 666 g/mol. The molecule has 4 aromatic heterocycles. The summed E-state index contributed by atoms with van der Waals surface area (Å²) in [5, 5.41) is 9.35. The number of ether oxygens (including phenoxy) is 1. The standard InChI is InChI=1S/C18H14ClN3O2.C17H11ClFN3O/c1-10-15-13-7-8-20-18(23-2)16(13)17(21-9-14(15)24-22-10)11-3-5-12(19)6-4-11;1-9-14-12-6-7-20-17(19)15(12)16(21-8-13(14)23-22-9)10-2-4-11(18)5-3-10/h3-8H,9H2,1-2H3;2-7H,8H2,1H3. The van der Waals surface area contributed by atoms with E-state index in [1.54, 1.807) is 31.5 Å². The molecule has 234 valence electrons. The lowest BCUT2D eigenvalue weighted by molar-refractivity contribution is 0.382. The number of halogens is 3. The molecule has 2 aromatic carbocycles. The van der Waals surface area contributed by atoms with Gasteiger partial charge in [-0.25, -0.2) is 9.97 Å². The van der Waals surface area contributed by atoms with Crippen molar-refractivity contribution in [2.75, 3.05) is 7.11 Å². The van der Waals surface area contributed by atoms with E-state index < -0.39 is 5.95 Å². The first-order valence-corrected chi connectivity index (χ1v) is 15.3. The Balaban J connectivity index is 0.000000150. The van der Waals surface area contributed by atoms with Crippen LogP contribution in [0.5, 0.6) is 5.88 Å². The summed E-state index contributed by atoms with van der Waals surface area (Å²) in [6.07, 6.45) is 3.16. The van der Waals surface area contributed by atoms with E-state index in [9.17, 15) is 4.39 Å². The summed E-state index contributed by atoms with van der Waals surface area (Å²) in [4.78, 5) is 17.4. The van der Waals surface area contributed by atoms with Gasteiger partial charge in [-0.15, -0.1) is 0 Å². The van der Waals surface area contributed by atoms with E-state index in [-0.39, 0.29) is 0 Å². The second-order valence-corrected chi connectivity index (χ2v) is 11.6. The third kappa shape index (κ3) is 5.60. The summed E-state index contributed by atoms with van der Waals surface area (Å²) in [7, 11) is 1.61. The number of rotatable bonds is 3. The van der Waals surface area contributed by atoms with Crippen LogP contribution in [0.2, 0.25) is 10.0 Å². The van der Waals surface area contributed by atoms with E-state index in [1.807, 2.05) is 56.3 Å². The highest BCUT2D eigenvalue weighted by Gasteiger charge is 2.28. The van der Waals surface area contributed by atoms with Crippen molar-refractivity contribution >= 4 is 34.6 Å². The number of fused-ring (bicyclic) bond motifs is 6. The molecular weight excluding hydrogens is 642 g/mol. The second kappa shape index (κ2) is 12.5. The van der Waals surface area contributed by atoms with Crippen molar-refractivity contribution in [1.82, 2.24) is 20.3 Å². The molecule has 0 aliphatic carbocycles. The van der Waals surface area contributed by atoms with E-state index in [4.69, 9.17) is 42.0 Å². The van der Waals surface area contributed by atoms with Gasteiger partial charge in [0.15, 0.2) is 11.5 Å². The Kier molecular flexibility index (Phi) is 8.13. The first-order chi connectivity index (χ1) is 22.8. The molecule has 0 saturated carbocycles. The van der Waals surface area contributed by atoms with Crippen molar-refractivity contribution in [3.63, 3.8) is 0 Å². The van der Waals surface area contributed by atoms with Crippen molar-refractivity contribution in [2.24, 2.45) is 9.98 Å². The molecule has 0 atom stereocenters. The number of benzene rings is 2. The summed E-state index contributed by atoms with van der Waals surface area (Å²) < 4.78 is 30.8. The molecule has 47 heavy (non-hydrogen) atoms. The van der Waals surface area contributed by atoms with E-state index >= 15 is 0 Å². The van der Waals surface area contributed by atoms with Crippen molar-refractivity contribution < 1.29 is 18.2 Å². The van der Waals surface area contributed by atoms with Crippen molar-refractivity contribution in [2.45, 2.75) is 26.9 Å². The summed E-state index contributed by atoms with van der Waals surface area (Å²) >= 11 is 12.0. The number of aliphatic imine (C=N–C) groups is 2. The number of hydrogen-bond acceptors (Lipinski definition) is 9. The van der Waals surface area contributed by atoms with Crippen molar-refractivity contribution in [1.29, 1.82) is 0 Å². The van der Waals surface area contributed by atoms with Gasteiger partial charge < -0.3 is 13.8 Å². The number of methoxy groups -OCH3 is 1. The molecule has 12 heteroatoms. The molecule has 0 bridgehead atoms. The average Bonchev–Trinajstić information content (AvgIpc) is 3.51. The first kappa shape index (κ1) is 30.5. The molecule has 8 rings (SSSR count). The fourth-order valence-corrected chi connectivity index (χ4v) is 6.04. The highest BCUT2D eigenvalue weighted by Crippen LogP contribution is 2.39. The maximum Gasteiger partial charge on any atom is 0.223 e. The Morgan fingerprint density at radius 1 is 0.638 bits per heavy atom. The Morgan fingerprint density at radius 3 is 1.62 bits per heavy atom. The molecular formula is C35H25Cl2FN6O3. The molecule has 6 aromatic rings. The van der Waals surface area contributed by atoms with Crippen molar-refractivity contribution in [3.05, 3.63) is 134 Å². The van der Waals surface area contributed by atoms with Crippen molar-refractivity contribution in [3.8, 4) is 28.1 Å². The van der Waals surface area contributed by atoms with Crippen LogP contribution in [0.3, 0.4) is 0 Å². The van der Waals surface area contributed by atoms with E-state index in [2.05, 4.69) is 25.3 Å². The molecule has 0 radical (unpaired) electrons. The molecule has 0 unspecified atom stereocenters. The zero-order chi connectivity index (χ0) is 32.7. The lowest BCUT2D eigenvalue weighted by atomic mass is 9.94. The van der Waals surface area contributed by atoms with Crippen LogP contribution >= 0.6 is 23.2 Å². The smallest absolute Gasteiger partial charge is 0.223 e. The third-order valence-electron chi connectivity index (χ3n) is 7.89. The van der Waals surface area contributed by atoms with Gasteiger partial charge in [-0.2, -0.15) is 4.39 Å². The molecule has 6 heterocycles. The zero-order valence-corrected chi connectivity index (χ0v) is 26.9. The maximum atomic E-state index is 14.5. The highest BCUT2D eigenvalue weighted by atomic mass is 35.5. The number of aromatic nitrogens is 4. The van der Waals surface area contributed by atoms with Gasteiger partial charge >= 0.3 is 0 Å². The molecule has 0 fully saturated rings. The Hall–Kier alpha value is -5.19. The van der Waals surface area contributed by atoms with E-state index in [1.165, 1.54) is 6.20 Å². The molecule has 2 aliphatic heterocycles. The number of hydrogen-bond donors (Lipinski definition) is 0. The van der Waals surface area contributed by atoms with Crippen LogP contribution in [-0.2, 0) is 13.1 Å². The van der Waals surface area contributed by atoms with Crippen LogP contribution in [-0.4, -0.2) is 38.8 Å². The van der Waals surface area contributed by atoms with E-state index in [0.717, 1.165) is 50.5 Å². The maximum absolute atomic E-state index is 14.5. The lowest BCUT2D eigenvalue weighted by Crippen LogP contribution is -2.09. The lowest BCUT2D eigenvalue weighted by Gasteiger charge is -2.13. The molecule has 2 aliphatic rings. The predicted octanol–water partition coefficient (Wildman–Crippen LogP) is 8.25. The summed E-state index contributed by atoms with van der Waals surface area (Å²) in [6.45, 7) is 4.46. The fraction of sp³-hybridized carbons (Fsp3) is 0.143. The minimum Gasteiger partial charge on any atom is -0.480 e. The Labute approximate surface area is 278 Å². The Bertz CT molecular complexity index is 2190. The van der Waals surface area contributed by atoms with Gasteiger partial charge in [0.2, 0.25) is 11.8 Å². The Morgan fingerprint density at radius 2 is 1.11 bits per heavy atom. The van der Waals surface area contributed by atoms with Gasteiger partial charge in [0.25, 0.3) is 0 Å². The van der Waals surface area contributed by atoms with Gasteiger partial charge in [-0.05, 0) is 50.2 Å². The number of aryl methyl sites for hydroxylation is 2. The van der Waals surface area contributed by atoms with Crippen LogP contribution in [0.25, 0.3) is 22.3 Å². The van der Waals surface area contributed by atoms with E-state index in [0.29, 0.717) is 57.3 Å². The third-order valence-corrected chi connectivity index (χ3v) is 8.39. The van der Waals surface area contributed by atoms with Crippen LogP contribution in [0.1, 0.15) is 45.2 Å². The van der Waals surface area contributed by atoms with Gasteiger partial charge in [0.1, 0.15) is 13.1 Å². The SMILES string of the molecule is COc1nccc2c1C(c1ccc(Cl)cc1)=NCc1onc(C)c1-2.Cc1noc2c1-c1ccnc(F)c1C(c1ccc(Cl)cc1)=NC2. The summed E-state index contributed by atoms with van der Waals surface area (Å²) in [6, 6.07) is 18.4. The predicted molar refractivity (Wildman–Crippen MR) is 177 cm³/mol. The normalized spacial score (nSPS) is 13.0. The fourth-order valence-electron chi connectivity index (χ4n) is 5.79. The molecule has 0 spiro atoms. The summed E-state index contributed by atoms with van der Waals surface area (Å²) in [5.74, 6) is 1.32. The summed E-state index contributed by atoms with van der Waals surface area (Å²) in [5.41, 5.74) is 9.19. The largest absolute Gasteiger partial charge is 0.480 e. The quantitative estimate of drug-likeness (QED) is 0.175. The topological polar surface area (TPSA) is 112 Å². The number of pyridine rings is 2.